The van der Waals surface area contributed by atoms with Gasteiger partial charge in [-0.3, -0.25) is 10.2 Å². The summed E-state index contributed by atoms with van der Waals surface area (Å²) >= 11 is 1.46. The Morgan fingerprint density at radius 3 is 2.60 bits per heavy atom. The molecule has 0 fully saturated rings. The van der Waals surface area contributed by atoms with Crippen LogP contribution in [0.1, 0.15) is 13.8 Å². The molecule has 1 unspecified atom stereocenters. The summed E-state index contributed by atoms with van der Waals surface area (Å²) in [6, 6.07) is 0. The van der Waals surface area contributed by atoms with Crippen LogP contribution in [0.2, 0.25) is 0 Å². The summed E-state index contributed by atoms with van der Waals surface area (Å²) in [6.45, 7) is 3.78. The van der Waals surface area contributed by atoms with Crippen LogP contribution in [0.25, 0.3) is 0 Å². The van der Waals surface area contributed by atoms with E-state index in [2.05, 4.69) is 5.32 Å². The molecule has 6 heteroatoms. The monoisotopic (exact) mass is 234 g/mol. The van der Waals surface area contributed by atoms with Crippen molar-refractivity contribution in [2.24, 2.45) is 5.92 Å². The molecule has 0 spiro atoms. The van der Waals surface area contributed by atoms with Gasteiger partial charge in [0.25, 0.3) is 0 Å². The Morgan fingerprint density at radius 1 is 1.60 bits per heavy atom. The highest BCUT2D eigenvalue weighted by Crippen LogP contribution is 2.12. The minimum Gasteiger partial charge on any atom is -0.481 e. The fourth-order valence-electron chi connectivity index (χ4n) is 0.938. The van der Waals surface area contributed by atoms with Crippen LogP contribution >= 0.6 is 11.8 Å². The van der Waals surface area contributed by atoms with Gasteiger partial charge >= 0.3 is 5.97 Å². The van der Waals surface area contributed by atoms with Crippen molar-refractivity contribution in [3.63, 3.8) is 0 Å². The van der Waals surface area contributed by atoms with Crippen LogP contribution in [0, 0.1) is 11.3 Å². The van der Waals surface area contributed by atoms with E-state index in [0.29, 0.717) is 18.1 Å². The number of aliphatic carboxylic acids is 1. The van der Waals surface area contributed by atoms with Crippen molar-refractivity contribution in [3.05, 3.63) is 0 Å². The number of rotatable bonds is 7. The summed E-state index contributed by atoms with van der Waals surface area (Å²) in [5, 5.41) is 27.9. The van der Waals surface area contributed by atoms with E-state index in [1.54, 1.807) is 6.92 Å². The summed E-state index contributed by atoms with van der Waals surface area (Å²) in [7, 11) is 0. The fraction of sp³-hybridized carbons (Fsp3) is 0.778. The molecule has 0 aliphatic rings. The van der Waals surface area contributed by atoms with Crippen molar-refractivity contribution in [1.82, 2.24) is 5.32 Å². The molecule has 15 heavy (non-hydrogen) atoms. The zero-order valence-corrected chi connectivity index (χ0v) is 9.80. The Hall–Kier alpha value is -0.750. The van der Waals surface area contributed by atoms with E-state index in [-0.39, 0.29) is 0 Å². The van der Waals surface area contributed by atoms with Gasteiger partial charge in [0.1, 0.15) is 0 Å². The Labute approximate surface area is 93.8 Å². The van der Waals surface area contributed by atoms with E-state index in [1.165, 1.54) is 18.7 Å². The first kappa shape index (κ1) is 14.2. The number of aliphatic hydroxyl groups excluding tert-OH is 1. The summed E-state index contributed by atoms with van der Waals surface area (Å²) in [5.41, 5.74) is 0. The molecule has 0 aliphatic carbocycles. The first-order valence-electron chi connectivity index (χ1n) is 4.72. The Morgan fingerprint density at radius 2 is 2.20 bits per heavy atom. The number of hydrogen-bond donors (Lipinski definition) is 4. The lowest BCUT2D eigenvalue weighted by Crippen LogP contribution is -2.28. The lowest BCUT2D eigenvalue weighted by atomic mass is 10.1. The van der Waals surface area contributed by atoms with Crippen molar-refractivity contribution in [2.75, 3.05) is 18.1 Å². The van der Waals surface area contributed by atoms with Gasteiger partial charge in [0.2, 0.25) is 0 Å². The number of hydrogen-bond acceptors (Lipinski definition) is 4. The highest BCUT2D eigenvalue weighted by atomic mass is 32.2. The average molecular weight is 234 g/mol. The van der Waals surface area contributed by atoms with Crippen LogP contribution in [0.15, 0.2) is 0 Å². The Bertz CT molecular complexity index is 221. The number of aliphatic hydroxyl groups is 1. The lowest BCUT2D eigenvalue weighted by molar-refractivity contribution is -0.144. The van der Waals surface area contributed by atoms with Crippen molar-refractivity contribution in [3.8, 4) is 0 Å². The summed E-state index contributed by atoms with van der Waals surface area (Å²) in [5.74, 6) is -0.149. The molecule has 88 valence electrons. The quantitative estimate of drug-likeness (QED) is 0.290. The predicted molar refractivity (Wildman–Crippen MR) is 61.5 cm³/mol. The third-order valence-corrected chi connectivity index (χ3v) is 2.92. The highest BCUT2D eigenvalue weighted by molar-refractivity contribution is 7.99. The first-order valence-corrected chi connectivity index (χ1v) is 5.88. The summed E-state index contributed by atoms with van der Waals surface area (Å²) < 4.78 is 0. The van der Waals surface area contributed by atoms with E-state index in [1.807, 2.05) is 0 Å². The van der Waals surface area contributed by atoms with Crippen molar-refractivity contribution in [2.45, 2.75) is 20.0 Å². The predicted octanol–water partition coefficient (Wildman–Crippen LogP) is 0.388. The third-order valence-electron chi connectivity index (χ3n) is 1.83. The average Bonchev–Trinajstić information content (AvgIpc) is 2.08. The molecule has 0 radical (unpaired) electrons. The third kappa shape index (κ3) is 7.21. The molecule has 0 amide bonds. The van der Waals surface area contributed by atoms with E-state index < -0.39 is 18.0 Å². The van der Waals surface area contributed by atoms with Gasteiger partial charge in [0, 0.05) is 18.1 Å². The standard InChI is InChI=1S/C9H18N2O3S/c1-6(12)8(9(13)14)5-15-4-3-11-7(2)10/h6,8,12H,3-5H2,1-2H3,(H2,10,11)(H,13,14)/t6?,8-/m0/s1. The van der Waals surface area contributed by atoms with Gasteiger partial charge in [-0.15, -0.1) is 0 Å². The molecule has 0 aromatic heterocycles. The lowest BCUT2D eigenvalue weighted by Gasteiger charge is -2.14. The molecule has 2 atom stereocenters. The Kier molecular flexibility index (Phi) is 7.15. The van der Waals surface area contributed by atoms with Crippen molar-refractivity contribution < 1.29 is 15.0 Å². The van der Waals surface area contributed by atoms with Crippen LogP contribution in [0.3, 0.4) is 0 Å². The maximum atomic E-state index is 10.7. The second kappa shape index (κ2) is 7.53. The SMILES string of the molecule is CC(=N)NCCSC[C@H](C(=O)O)C(C)O. The van der Waals surface area contributed by atoms with Crippen LogP contribution in [0.5, 0.6) is 0 Å². The molecule has 0 aliphatic heterocycles. The number of carboxylic acids is 1. The number of amidine groups is 1. The van der Waals surface area contributed by atoms with Gasteiger partial charge in [0.15, 0.2) is 0 Å². The normalized spacial score (nSPS) is 14.3. The molecule has 0 saturated heterocycles. The smallest absolute Gasteiger partial charge is 0.309 e. The number of carboxylic acid groups (broad SMARTS) is 1. The summed E-state index contributed by atoms with van der Waals surface area (Å²) in [6.07, 6.45) is -0.826. The van der Waals surface area contributed by atoms with Crippen LogP contribution in [0.4, 0.5) is 0 Å². The van der Waals surface area contributed by atoms with Gasteiger partial charge in [-0.2, -0.15) is 11.8 Å². The molecule has 0 saturated carbocycles. The number of thioether (sulfide) groups is 1. The van der Waals surface area contributed by atoms with E-state index >= 15 is 0 Å². The second-order valence-corrected chi connectivity index (χ2v) is 4.46. The minimum absolute atomic E-state index is 0.395. The van der Waals surface area contributed by atoms with Crippen LogP contribution in [-0.4, -0.2) is 46.2 Å². The number of nitrogens with one attached hydrogen (secondary N) is 2. The topological polar surface area (TPSA) is 93.4 Å². The largest absolute Gasteiger partial charge is 0.481 e. The van der Waals surface area contributed by atoms with Gasteiger partial charge in [-0.05, 0) is 13.8 Å². The Balaban J connectivity index is 3.63. The minimum atomic E-state index is -0.964. The van der Waals surface area contributed by atoms with Gasteiger partial charge in [-0.25, -0.2) is 0 Å². The molecular weight excluding hydrogens is 216 g/mol. The van der Waals surface area contributed by atoms with Gasteiger partial charge in [-0.1, -0.05) is 0 Å². The maximum absolute atomic E-state index is 10.7. The molecule has 0 aromatic carbocycles. The fourth-order valence-corrected chi connectivity index (χ4v) is 2.03. The molecule has 4 N–H and O–H groups in total. The molecular formula is C9H18N2O3S. The van der Waals surface area contributed by atoms with Crippen LogP contribution in [-0.2, 0) is 4.79 Å². The molecule has 5 nitrogen and oxygen atoms in total. The summed E-state index contributed by atoms with van der Waals surface area (Å²) in [4.78, 5) is 10.7. The van der Waals surface area contributed by atoms with Crippen molar-refractivity contribution in [1.29, 1.82) is 5.41 Å². The molecule has 0 heterocycles. The zero-order chi connectivity index (χ0) is 11.8. The van der Waals surface area contributed by atoms with Gasteiger partial charge < -0.3 is 15.5 Å². The maximum Gasteiger partial charge on any atom is 0.309 e. The van der Waals surface area contributed by atoms with E-state index in [4.69, 9.17) is 10.5 Å². The van der Waals surface area contributed by atoms with E-state index in [0.717, 1.165) is 5.75 Å². The second-order valence-electron chi connectivity index (χ2n) is 3.31. The van der Waals surface area contributed by atoms with Gasteiger partial charge in [0.05, 0.1) is 17.9 Å². The number of carbonyl (C=O) groups is 1. The van der Waals surface area contributed by atoms with E-state index in [9.17, 15) is 9.90 Å². The van der Waals surface area contributed by atoms with Crippen molar-refractivity contribution >= 4 is 23.6 Å². The molecule has 0 aromatic rings. The molecule has 0 bridgehead atoms. The van der Waals surface area contributed by atoms with Crippen LogP contribution < -0.4 is 5.32 Å². The molecule has 0 rings (SSSR count). The highest BCUT2D eigenvalue weighted by Gasteiger charge is 2.22. The first-order chi connectivity index (χ1) is 6.95. The zero-order valence-electron chi connectivity index (χ0n) is 8.99.